The van der Waals surface area contributed by atoms with Crippen molar-refractivity contribution in [1.82, 2.24) is 5.32 Å². The number of carboxylic acids is 1. The number of hydrogen-bond acceptors (Lipinski definition) is 3. The second kappa shape index (κ2) is 6.74. The topological polar surface area (TPSA) is 75.6 Å². The molecule has 0 heterocycles. The largest absolute Gasteiger partial charge is 0.480 e. The number of ether oxygens (including phenoxy) is 1. The van der Waals surface area contributed by atoms with Crippen molar-refractivity contribution in [3.8, 4) is 0 Å². The van der Waals surface area contributed by atoms with E-state index in [1.807, 2.05) is 30.3 Å². The molecule has 1 amide bonds. The molecule has 5 nitrogen and oxygen atoms in total. The first kappa shape index (κ1) is 17.5. The Morgan fingerprint density at radius 3 is 2.39 bits per heavy atom. The Balaban J connectivity index is 1.86. The van der Waals surface area contributed by atoms with Gasteiger partial charge in [0, 0.05) is 8.07 Å². The molecule has 0 aliphatic heterocycles. The minimum atomic E-state index is -1.22. The van der Waals surface area contributed by atoms with Crippen molar-refractivity contribution in [2.45, 2.75) is 50.7 Å². The highest BCUT2D eigenvalue weighted by atomic mass is 28.3. The molecule has 1 aromatic carbocycles. The van der Waals surface area contributed by atoms with Crippen LogP contribution in [0.2, 0.25) is 25.7 Å². The van der Waals surface area contributed by atoms with E-state index in [2.05, 4.69) is 25.0 Å². The fourth-order valence-corrected chi connectivity index (χ4v) is 5.24. The van der Waals surface area contributed by atoms with Crippen LogP contribution in [0.25, 0.3) is 0 Å². The SMILES string of the molecule is C[Si](C)(C)CC1CC(NC(=O)OCc2ccccc2)(C(=O)O)C1. The minimum absolute atomic E-state index is 0.140. The van der Waals surface area contributed by atoms with Crippen molar-refractivity contribution >= 4 is 20.1 Å². The molecule has 0 unspecified atom stereocenters. The number of amides is 1. The zero-order valence-corrected chi connectivity index (χ0v) is 15.0. The summed E-state index contributed by atoms with van der Waals surface area (Å²) < 4.78 is 5.14. The standard InChI is InChI=1S/C17H25NO4Si/c1-23(2,3)12-14-9-17(10-14,15(19)20)18-16(21)22-11-13-7-5-4-6-8-13/h4-8,14H,9-12H2,1-3H3,(H,18,21)(H,19,20). The highest BCUT2D eigenvalue weighted by molar-refractivity contribution is 6.76. The van der Waals surface area contributed by atoms with E-state index >= 15 is 0 Å². The van der Waals surface area contributed by atoms with Crippen molar-refractivity contribution in [2.24, 2.45) is 5.92 Å². The number of aliphatic carboxylic acids is 1. The van der Waals surface area contributed by atoms with Crippen LogP contribution in [0.3, 0.4) is 0 Å². The fourth-order valence-electron chi connectivity index (χ4n) is 3.22. The van der Waals surface area contributed by atoms with Crippen LogP contribution in [0.15, 0.2) is 30.3 Å². The van der Waals surface area contributed by atoms with Crippen LogP contribution in [0.1, 0.15) is 18.4 Å². The summed E-state index contributed by atoms with van der Waals surface area (Å²) in [6.45, 7) is 6.96. The van der Waals surface area contributed by atoms with Crippen molar-refractivity contribution in [3.63, 3.8) is 0 Å². The highest BCUT2D eigenvalue weighted by Gasteiger charge is 2.52. The zero-order valence-electron chi connectivity index (χ0n) is 14.0. The summed E-state index contributed by atoms with van der Waals surface area (Å²) in [6.07, 6.45) is 0.322. The van der Waals surface area contributed by atoms with Gasteiger partial charge in [-0.15, -0.1) is 0 Å². The monoisotopic (exact) mass is 335 g/mol. The van der Waals surface area contributed by atoms with E-state index in [0.717, 1.165) is 11.6 Å². The zero-order chi connectivity index (χ0) is 17.1. The molecule has 0 radical (unpaired) electrons. The van der Waals surface area contributed by atoms with Crippen LogP contribution in [-0.4, -0.2) is 30.8 Å². The molecular formula is C17H25NO4Si. The van der Waals surface area contributed by atoms with Crippen molar-refractivity contribution in [2.75, 3.05) is 0 Å². The molecule has 0 spiro atoms. The lowest BCUT2D eigenvalue weighted by molar-refractivity contribution is -0.150. The normalized spacial score (nSPS) is 23.7. The Morgan fingerprint density at radius 1 is 1.26 bits per heavy atom. The molecule has 23 heavy (non-hydrogen) atoms. The van der Waals surface area contributed by atoms with Gasteiger partial charge in [0.1, 0.15) is 12.1 Å². The van der Waals surface area contributed by atoms with E-state index in [1.54, 1.807) is 0 Å². The summed E-state index contributed by atoms with van der Waals surface area (Å²) in [4.78, 5) is 23.5. The van der Waals surface area contributed by atoms with Gasteiger partial charge >= 0.3 is 12.1 Å². The Labute approximate surface area is 138 Å². The van der Waals surface area contributed by atoms with E-state index in [0.29, 0.717) is 18.8 Å². The first-order valence-corrected chi connectivity index (χ1v) is 11.6. The van der Waals surface area contributed by atoms with Crippen LogP contribution in [0.5, 0.6) is 0 Å². The Bertz CT molecular complexity index is 562. The maximum absolute atomic E-state index is 11.9. The molecule has 0 aromatic heterocycles. The molecule has 2 rings (SSSR count). The molecule has 0 bridgehead atoms. The van der Waals surface area contributed by atoms with Gasteiger partial charge in [0.25, 0.3) is 0 Å². The van der Waals surface area contributed by atoms with Gasteiger partial charge < -0.3 is 15.2 Å². The number of carbonyl (C=O) groups is 2. The summed E-state index contributed by atoms with van der Waals surface area (Å²) in [7, 11) is -1.22. The van der Waals surface area contributed by atoms with Crippen LogP contribution >= 0.6 is 0 Å². The predicted molar refractivity (Wildman–Crippen MR) is 91.0 cm³/mol. The first-order chi connectivity index (χ1) is 10.7. The summed E-state index contributed by atoms with van der Waals surface area (Å²) in [5, 5.41) is 12.0. The molecule has 1 saturated carbocycles. The number of carbonyl (C=O) groups excluding carboxylic acids is 1. The van der Waals surface area contributed by atoms with E-state index in [4.69, 9.17) is 4.74 Å². The average Bonchev–Trinajstić information content (AvgIpc) is 2.42. The minimum Gasteiger partial charge on any atom is -0.480 e. The summed E-state index contributed by atoms with van der Waals surface area (Å²) >= 11 is 0. The van der Waals surface area contributed by atoms with Gasteiger partial charge in [0.2, 0.25) is 0 Å². The summed E-state index contributed by atoms with van der Waals surface area (Å²) in [6, 6.07) is 10.4. The molecule has 1 aromatic rings. The van der Waals surface area contributed by atoms with Gasteiger partial charge in [-0.3, -0.25) is 0 Å². The second-order valence-corrected chi connectivity index (χ2v) is 13.1. The number of benzene rings is 1. The molecule has 1 aliphatic rings. The van der Waals surface area contributed by atoms with Gasteiger partial charge in [0.15, 0.2) is 0 Å². The van der Waals surface area contributed by atoms with E-state index in [1.165, 1.54) is 0 Å². The smallest absolute Gasteiger partial charge is 0.408 e. The molecule has 0 saturated heterocycles. The van der Waals surface area contributed by atoms with Gasteiger partial charge in [-0.1, -0.05) is 56.0 Å². The number of nitrogens with one attached hydrogen (secondary N) is 1. The van der Waals surface area contributed by atoms with E-state index < -0.39 is 25.7 Å². The van der Waals surface area contributed by atoms with Gasteiger partial charge in [-0.25, -0.2) is 9.59 Å². The number of rotatable bonds is 6. The first-order valence-electron chi connectivity index (χ1n) is 7.92. The molecule has 0 atom stereocenters. The molecule has 1 aliphatic carbocycles. The summed E-state index contributed by atoms with van der Waals surface area (Å²) in [5.41, 5.74) is -0.282. The maximum atomic E-state index is 11.9. The third kappa shape index (κ3) is 4.82. The van der Waals surface area contributed by atoms with Gasteiger partial charge in [-0.2, -0.15) is 0 Å². The second-order valence-electron chi connectivity index (χ2n) is 7.61. The Morgan fingerprint density at radius 2 is 1.87 bits per heavy atom. The van der Waals surface area contributed by atoms with Crippen molar-refractivity contribution < 1.29 is 19.4 Å². The lowest BCUT2D eigenvalue weighted by Crippen LogP contribution is -2.63. The lowest BCUT2D eigenvalue weighted by atomic mass is 9.69. The Kier molecular flexibility index (Phi) is 5.14. The predicted octanol–water partition coefficient (Wildman–Crippen LogP) is 3.48. The lowest BCUT2D eigenvalue weighted by Gasteiger charge is -2.46. The van der Waals surface area contributed by atoms with Gasteiger partial charge in [0.05, 0.1) is 0 Å². The third-order valence-electron chi connectivity index (χ3n) is 4.14. The Hall–Kier alpha value is -1.82. The van der Waals surface area contributed by atoms with Crippen LogP contribution in [0.4, 0.5) is 4.79 Å². The maximum Gasteiger partial charge on any atom is 0.408 e. The molecule has 2 N–H and O–H groups in total. The van der Waals surface area contributed by atoms with E-state index in [9.17, 15) is 14.7 Å². The fraction of sp³-hybridized carbons (Fsp3) is 0.529. The number of alkyl carbamates (subject to hydrolysis) is 1. The summed E-state index contributed by atoms with van der Waals surface area (Å²) in [5.74, 6) is -0.590. The molecule has 126 valence electrons. The third-order valence-corrected chi connectivity index (χ3v) is 5.94. The highest BCUT2D eigenvalue weighted by Crippen LogP contribution is 2.42. The van der Waals surface area contributed by atoms with Crippen molar-refractivity contribution in [3.05, 3.63) is 35.9 Å². The number of hydrogen-bond donors (Lipinski definition) is 2. The molecule has 6 heteroatoms. The quantitative estimate of drug-likeness (QED) is 0.780. The number of carboxylic acid groups (broad SMARTS) is 1. The van der Waals surface area contributed by atoms with Crippen LogP contribution in [0, 0.1) is 5.92 Å². The molecule has 1 fully saturated rings. The van der Waals surface area contributed by atoms with Crippen LogP contribution in [-0.2, 0) is 16.1 Å². The van der Waals surface area contributed by atoms with Crippen LogP contribution < -0.4 is 5.32 Å². The average molecular weight is 335 g/mol. The van der Waals surface area contributed by atoms with Crippen molar-refractivity contribution in [1.29, 1.82) is 0 Å². The van der Waals surface area contributed by atoms with E-state index in [-0.39, 0.29) is 6.61 Å². The van der Waals surface area contributed by atoms with Gasteiger partial charge in [-0.05, 0) is 24.3 Å². The molecular weight excluding hydrogens is 310 g/mol.